The maximum absolute atomic E-state index is 10.9. The van der Waals surface area contributed by atoms with E-state index in [1.807, 2.05) is 6.20 Å². The number of carboxylic acids is 1. The second kappa shape index (κ2) is 12.1. The molecule has 0 bridgehead atoms. The van der Waals surface area contributed by atoms with Crippen molar-refractivity contribution in [2.24, 2.45) is 0 Å². The van der Waals surface area contributed by atoms with Crippen LogP contribution < -0.4 is 0 Å². The molecule has 0 aliphatic heterocycles. The van der Waals surface area contributed by atoms with E-state index in [1.165, 1.54) is 38.5 Å². The minimum Gasteiger partial charge on any atom is -0.478 e. The van der Waals surface area contributed by atoms with Crippen LogP contribution in [-0.2, 0) is 4.79 Å². The number of hydrogen-bond donors (Lipinski definition) is 1. The molecule has 0 atom stereocenters. The largest absolute Gasteiger partial charge is 0.478 e. The summed E-state index contributed by atoms with van der Waals surface area (Å²) in [7, 11) is 0. The fourth-order valence-corrected chi connectivity index (χ4v) is 2.05. The van der Waals surface area contributed by atoms with Crippen molar-refractivity contribution in [2.45, 2.75) is 72.1 Å². The molecule has 1 N–H and O–H groups in total. The van der Waals surface area contributed by atoms with Gasteiger partial charge in [-0.3, -0.25) is 0 Å². The number of nitrogens with zero attached hydrogens (tertiary/aromatic N) is 1. The van der Waals surface area contributed by atoms with Gasteiger partial charge < -0.3 is 10.0 Å². The highest BCUT2D eigenvalue weighted by Gasteiger charge is 2.05. The molecule has 3 nitrogen and oxygen atoms in total. The summed E-state index contributed by atoms with van der Waals surface area (Å²) in [6.07, 6.45) is 11.6. The van der Waals surface area contributed by atoms with Gasteiger partial charge in [-0.1, -0.05) is 52.4 Å². The van der Waals surface area contributed by atoms with Crippen molar-refractivity contribution < 1.29 is 9.90 Å². The van der Waals surface area contributed by atoms with E-state index in [9.17, 15) is 4.79 Å². The Morgan fingerprint density at radius 1 is 0.947 bits per heavy atom. The van der Waals surface area contributed by atoms with Gasteiger partial charge in [-0.25, -0.2) is 4.79 Å². The standard InChI is InChI=1S/C16H31NO2/c1-4-6-8-10-12-17(13-11-9-7-5-2)14-15(3)16(18)19/h14H,4-13H2,1-3H3,(H,18,19)/b15-14+. The van der Waals surface area contributed by atoms with Gasteiger partial charge in [0.1, 0.15) is 0 Å². The van der Waals surface area contributed by atoms with Gasteiger partial charge in [-0.15, -0.1) is 0 Å². The Hall–Kier alpha value is -0.990. The molecule has 0 amide bonds. The molecule has 0 radical (unpaired) electrons. The van der Waals surface area contributed by atoms with Crippen molar-refractivity contribution in [3.05, 3.63) is 11.8 Å². The van der Waals surface area contributed by atoms with Crippen LogP contribution in [0.5, 0.6) is 0 Å². The monoisotopic (exact) mass is 269 g/mol. The first-order chi connectivity index (χ1) is 9.11. The summed E-state index contributed by atoms with van der Waals surface area (Å²) in [4.78, 5) is 13.1. The molecule has 0 saturated heterocycles. The molecular formula is C16H31NO2. The molecule has 0 aromatic rings. The third kappa shape index (κ3) is 10.6. The van der Waals surface area contributed by atoms with Crippen molar-refractivity contribution in [1.82, 2.24) is 4.90 Å². The van der Waals surface area contributed by atoms with Gasteiger partial charge in [-0.05, 0) is 19.8 Å². The van der Waals surface area contributed by atoms with Crippen molar-refractivity contribution in [3.8, 4) is 0 Å². The minimum atomic E-state index is -0.813. The van der Waals surface area contributed by atoms with Crippen molar-refractivity contribution in [2.75, 3.05) is 13.1 Å². The summed E-state index contributed by atoms with van der Waals surface area (Å²) in [6, 6.07) is 0. The van der Waals surface area contributed by atoms with E-state index >= 15 is 0 Å². The molecule has 0 aromatic carbocycles. The van der Waals surface area contributed by atoms with E-state index in [1.54, 1.807) is 6.92 Å². The van der Waals surface area contributed by atoms with E-state index in [2.05, 4.69) is 18.7 Å². The summed E-state index contributed by atoms with van der Waals surface area (Å²) >= 11 is 0. The molecule has 0 rings (SSSR count). The van der Waals surface area contributed by atoms with Crippen molar-refractivity contribution in [3.63, 3.8) is 0 Å². The lowest BCUT2D eigenvalue weighted by atomic mass is 10.1. The summed E-state index contributed by atoms with van der Waals surface area (Å²) < 4.78 is 0. The highest BCUT2D eigenvalue weighted by atomic mass is 16.4. The molecule has 3 heteroatoms. The average molecular weight is 269 g/mol. The molecular weight excluding hydrogens is 238 g/mol. The van der Waals surface area contributed by atoms with Crippen LogP contribution in [0.2, 0.25) is 0 Å². The maximum atomic E-state index is 10.9. The predicted molar refractivity (Wildman–Crippen MR) is 81.2 cm³/mol. The van der Waals surface area contributed by atoms with E-state index in [-0.39, 0.29) is 0 Å². The van der Waals surface area contributed by atoms with E-state index in [4.69, 9.17) is 5.11 Å². The van der Waals surface area contributed by atoms with Crippen LogP contribution in [0.3, 0.4) is 0 Å². The van der Waals surface area contributed by atoms with Crippen LogP contribution in [-0.4, -0.2) is 29.1 Å². The normalized spacial score (nSPS) is 11.6. The summed E-state index contributed by atoms with van der Waals surface area (Å²) in [5, 5.41) is 8.96. The summed E-state index contributed by atoms with van der Waals surface area (Å²) in [5.74, 6) is -0.813. The number of carboxylic acid groups (broad SMARTS) is 1. The topological polar surface area (TPSA) is 40.5 Å². The zero-order valence-corrected chi connectivity index (χ0v) is 13.0. The first-order valence-corrected chi connectivity index (χ1v) is 7.77. The molecule has 0 aromatic heterocycles. The highest BCUT2D eigenvalue weighted by Crippen LogP contribution is 2.07. The lowest BCUT2D eigenvalue weighted by Gasteiger charge is -2.21. The number of hydrogen-bond acceptors (Lipinski definition) is 2. The lowest BCUT2D eigenvalue weighted by Crippen LogP contribution is -2.21. The van der Waals surface area contributed by atoms with E-state index in [0.717, 1.165) is 25.9 Å². The maximum Gasteiger partial charge on any atom is 0.332 e. The Morgan fingerprint density at radius 2 is 1.42 bits per heavy atom. The molecule has 0 unspecified atom stereocenters. The number of rotatable bonds is 12. The van der Waals surface area contributed by atoms with Gasteiger partial charge >= 0.3 is 5.97 Å². The third-order valence-electron chi connectivity index (χ3n) is 3.31. The Morgan fingerprint density at radius 3 is 1.79 bits per heavy atom. The van der Waals surface area contributed by atoms with Crippen molar-refractivity contribution in [1.29, 1.82) is 0 Å². The van der Waals surface area contributed by atoms with Crippen LogP contribution in [0.25, 0.3) is 0 Å². The van der Waals surface area contributed by atoms with Crippen LogP contribution in [0.1, 0.15) is 72.1 Å². The van der Waals surface area contributed by atoms with Crippen LogP contribution in [0.4, 0.5) is 0 Å². The summed E-state index contributed by atoms with van der Waals surface area (Å²) in [5.41, 5.74) is 0.436. The van der Waals surface area contributed by atoms with Gasteiger partial charge in [0.05, 0.1) is 0 Å². The Labute approximate surface area is 118 Å². The molecule has 0 saturated carbocycles. The van der Waals surface area contributed by atoms with Crippen LogP contribution in [0, 0.1) is 0 Å². The SMILES string of the molecule is CCCCCCN(/C=C(\C)C(=O)O)CCCCCC. The molecule has 0 spiro atoms. The van der Waals surface area contributed by atoms with Gasteiger partial charge in [0.2, 0.25) is 0 Å². The Bertz CT molecular complexity index is 249. The van der Waals surface area contributed by atoms with Gasteiger partial charge in [0.25, 0.3) is 0 Å². The van der Waals surface area contributed by atoms with Gasteiger partial charge in [-0.2, -0.15) is 0 Å². The fourth-order valence-electron chi connectivity index (χ4n) is 2.05. The molecule has 19 heavy (non-hydrogen) atoms. The number of carbonyl (C=O) groups is 1. The number of aliphatic carboxylic acids is 1. The molecule has 0 heterocycles. The first-order valence-electron chi connectivity index (χ1n) is 7.77. The predicted octanol–water partition coefficient (Wildman–Crippen LogP) is 4.44. The molecule has 0 aliphatic rings. The molecule has 112 valence electrons. The zero-order valence-electron chi connectivity index (χ0n) is 13.0. The Balaban J connectivity index is 4.14. The second-order valence-electron chi connectivity index (χ2n) is 5.27. The van der Waals surface area contributed by atoms with Crippen molar-refractivity contribution >= 4 is 5.97 Å². The lowest BCUT2D eigenvalue weighted by molar-refractivity contribution is -0.132. The quantitative estimate of drug-likeness (QED) is 0.420. The zero-order chi connectivity index (χ0) is 14.5. The number of unbranched alkanes of at least 4 members (excludes halogenated alkanes) is 6. The van der Waals surface area contributed by atoms with Gasteiger partial charge in [0, 0.05) is 24.9 Å². The molecule has 0 aliphatic carbocycles. The highest BCUT2D eigenvalue weighted by molar-refractivity contribution is 5.85. The Kier molecular flexibility index (Phi) is 11.4. The van der Waals surface area contributed by atoms with Crippen LogP contribution >= 0.6 is 0 Å². The average Bonchev–Trinajstić information content (AvgIpc) is 2.38. The summed E-state index contributed by atoms with van der Waals surface area (Å²) in [6.45, 7) is 8.05. The third-order valence-corrected chi connectivity index (χ3v) is 3.31. The van der Waals surface area contributed by atoms with E-state index < -0.39 is 5.97 Å². The second-order valence-corrected chi connectivity index (χ2v) is 5.27. The fraction of sp³-hybridized carbons (Fsp3) is 0.812. The molecule has 0 fully saturated rings. The van der Waals surface area contributed by atoms with Gasteiger partial charge in [0.15, 0.2) is 0 Å². The van der Waals surface area contributed by atoms with Crippen LogP contribution in [0.15, 0.2) is 11.8 Å². The minimum absolute atomic E-state index is 0.436. The van der Waals surface area contributed by atoms with E-state index in [0.29, 0.717) is 5.57 Å². The first kappa shape index (κ1) is 18.0. The smallest absolute Gasteiger partial charge is 0.332 e.